The van der Waals surface area contributed by atoms with Gasteiger partial charge in [-0.05, 0) is 13.8 Å². The van der Waals surface area contributed by atoms with Gasteiger partial charge in [0, 0.05) is 33.3 Å². The van der Waals surface area contributed by atoms with Crippen molar-refractivity contribution in [3.05, 3.63) is 15.8 Å². The van der Waals surface area contributed by atoms with Crippen molar-refractivity contribution in [2.75, 3.05) is 38.7 Å². The summed E-state index contributed by atoms with van der Waals surface area (Å²) in [5.41, 5.74) is 0.487. The number of hydrogen-bond acceptors (Lipinski definition) is 6. The molecule has 0 fully saturated rings. The number of nitrogens with one attached hydrogen (secondary N) is 2. The van der Waals surface area contributed by atoms with E-state index in [2.05, 4.69) is 15.7 Å². The lowest BCUT2D eigenvalue weighted by Gasteiger charge is -2.08. The lowest BCUT2D eigenvalue weighted by Crippen LogP contribution is -2.26. The molecule has 1 aromatic heterocycles. The van der Waals surface area contributed by atoms with Crippen LogP contribution in [0.2, 0.25) is 0 Å². The van der Waals surface area contributed by atoms with Crippen LogP contribution in [-0.4, -0.2) is 48.1 Å². The van der Waals surface area contributed by atoms with Gasteiger partial charge in [-0.15, -0.1) is 0 Å². The van der Waals surface area contributed by atoms with E-state index >= 15 is 0 Å². The third-order valence-corrected chi connectivity index (χ3v) is 2.66. The molecule has 0 bridgehead atoms. The Labute approximate surface area is 112 Å². The summed E-state index contributed by atoms with van der Waals surface area (Å²) in [4.78, 5) is 10.6. The van der Waals surface area contributed by atoms with Crippen LogP contribution in [0.4, 0.5) is 11.5 Å². The number of nitrogens with zero attached hydrogens (tertiary/aromatic N) is 3. The van der Waals surface area contributed by atoms with E-state index in [1.807, 2.05) is 6.92 Å². The second-order valence-corrected chi connectivity index (χ2v) is 4.03. The lowest BCUT2D eigenvalue weighted by molar-refractivity contribution is -0.384. The summed E-state index contributed by atoms with van der Waals surface area (Å²) in [6.07, 6.45) is 0. The van der Waals surface area contributed by atoms with Crippen molar-refractivity contribution in [2.45, 2.75) is 20.4 Å². The molecule has 8 nitrogen and oxygen atoms in total. The van der Waals surface area contributed by atoms with E-state index in [0.717, 1.165) is 6.54 Å². The maximum atomic E-state index is 11.0. The molecule has 0 unspecified atom stereocenters. The molecule has 0 saturated carbocycles. The maximum Gasteiger partial charge on any atom is 0.333 e. The van der Waals surface area contributed by atoms with Gasteiger partial charge in [-0.1, -0.05) is 0 Å². The SMILES string of the molecule is CCn1nc(C)c([N+](=O)[O-])c1NCCNCCOC. The third kappa shape index (κ3) is 4.18. The van der Waals surface area contributed by atoms with Crippen LogP contribution in [0.15, 0.2) is 0 Å². The van der Waals surface area contributed by atoms with Gasteiger partial charge in [0.25, 0.3) is 0 Å². The Morgan fingerprint density at radius 1 is 1.42 bits per heavy atom. The molecule has 0 spiro atoms. The molecule has 0 atom stereocenters. The first-order valence-electron chi connectivity index (χ1n) is 6.27. The van der Waals surface area contributed by atoms with E-state index in [0.29, 0.717) is 37.8 Å². The Kier molecular flexibility index (Phi) is 6.23. The zero-order valence-electron chi connectivity index (χ0n) is 11.6. The molecule has 0 aliphatic carbocycles. The Balaban J connectivity index is 2.58. The Morgan fingerprint density at radius 2 is 2.16 bits per heavy atom. The molecule has 0 saturated heterocycles. The molecule has 0 radical (unpaired) electrons. The van der Waals surface area contributed by atoms with Crippen molar-refractivity contribution < 1.29 is 9.66 Å². The molecule has 8 heteroatoms. The van der Waals surface area contributed by atoms with Gasteiger partial charge in [-0.2, -0.15) is 5.10 Å². The fourth-order valence-corrected chi connectivity index (χ4v) is 1.76. The molecule has 19 heavy (non-hydrogen) atoms. The van der Waals surface area contributed by atoms with Crippen molar-refractivity contribution in [1.29, 1.82) is 0 Å². The van der Waals surface area contributed by atoms with Gasteiger partial charge in [0.1, 0.15) is 5.69 Å². The summed E-state index contributed by atoms with van der Waals surface area (Å²) in [6, 6.07) is 0. The molecule has 2 N–H and O–H groups in total. The Bertz CT molecular complexity index is 419. The molecule has 0 amide bonds. The summed E-state index contributed by atoms with van der Waals surface area (Å²) < 4.78 is 6.52. The van der Waals surface area contributed by atoms with Crippen LogP contribution in [0, 0.1) is 17.0 Å². The molecule has 1 rings (SSSR count). The highest BCUT2D eigenvalue weighted by atomic mass is 16.6. The summed E-state index contributed by atoms with van der Waals surface area (Å²) >= 11 is 0. The highest BCUT2D eigenvalue weighted by Crippen LogP contribution is 2.27. The summed E-state index contributed by atoms with van der Waals surface area (Å²) in [6.45, 7) is 6.83. The predicted molar refractivity (Wildman–Crippen MR) is 72.5 cm³/mol. The highest BCUT2D eigenvalue weighted by molar-refractivity contribution is 5.59. The third-order valence-electron chi connectivity index (χ3n) is 2.66. The maximum absolute atomic E-state index is 11.0. The van der Waals surface area contributed by atoms with Crippen LogP contribution in [0.3, 0.4) is 0 Å². The topological polar surface area (TPSA) is 94.2 Å². The van der Waals surface area contributed by atoms with E-state index in [4.69, 9.17) is 4.74 Å². The fraction of sp³-hybridized carbons (Fsp3) is 0.727. The van der Waals surface area contributed by atoms with Crippen LogP contribution in [0.5, 0.6) is 0 Å². The first-order valence-corrected chi connectivity index (χ1v) is 6.27. The number of anilines is 1. The molecule has 108 valence electrons. The van der Waals surface area contributed by atoms with Crippen molar-refractivity contribution in [3.8, 4) is 0 Å². The van der Waals surface area contributed by atoms with E-state index in [1.165, 1.54) is 0 Å². The van der Waals surface area contributed by atoms with Crippen molar-refractivity contribution >= 4 is 11.5 Å². The minimum Gasteiger partial charge on any atom is -0.383 e. The van der Waals surface area contributed by atoms with Gasteiger partial charge in [0.2, 0.25) is 5.82 Å². The number of hydrogen-bond donors (Lipinski definition) is 2. The van der Waals surface area contributed by atoms with Gasteiger partial charge in [-0.3, -0.25) is 10.1 Å². The van der Waals surface area contributed by atoms with Gasteiger partial charge in [0.05, 0.1) is 11.5 Å². The Hall–Kier alpha value is -1.67. The monoisotopic (exact) mass is 271 g/mol. The molecule has 0 aliphatic heterocycles. The van der Waals surface area contributed by atoms with E-state index in [-0.39, 0.29) is 5.69 Å². The second-order valence-electron chi connectivity index (χ2n) is 4.03. The highest BCUT2D eigenvalue weighted by Gasteiger charge is 2.24. The summed E-state index contributed by atoms with van der Waals surface area (Å²) in [5, 5.41) is 21.4. The van der Waals surface area contributed by atoms with Crippen LogP contribution >= 0.6 is 0 Å². The van der Waals surface area contributed by atoms with Gasteiger partial charge < -0.3 is 15.4 Å². The second kappa shape index (κ2) is 7.70. The van der Waals surface area contributed by atoms with Crippen LogP contribution in [-0.2, 0) is 11.3 Å². The molecular weight excluding hydrogens is 250 g/mol. The smallest absolute Gasteiger partial charge is 0.333 e. The van der Waals surface area contributed by atoms with Crippen molar-refractivity contribution in [3.63, 3.8) is 0 Å². The predicted octanol–water partition coefficient (Wildman–Crippen LogP) is 0.768. The zero-order chi connectivity index (χ0) is 14.3. The van der Waals surface area contributed by atoms with Gasteiger partial charge in [-0.25, -0.2) is 4.68 Å². The average Bonchev–Trinajstić information content (AvgIpc) is 2.69. The van der Waals surface area contributed by atoms with Crippen molar-refractivity contribution in [1.82, 2.24) is 15.1 Å². The van der Waals surface area contributed by atoms with Crippen LogP contribution < -0.4 is 10.6 Å². The number of aromatic nitrogens is 2. The first-order chi connectivity index (χ1) is 9.11. The molecular formula is C11H21N5O3. The molecule has 1 heterocycles. The van der Waals surface area contributed by atoms with Crippen molar-refractivity contribution in [2.24, 2.45) is 0 Å². The summed E-state index contributed by atoms with van der Waals surface area (Å²) in [7, 11) is 1.64. The number of ether oxygens (including phenoxy) is 1. The van der Waals surface area contributed by atoms with E-state index < -0.39 is 4.92 Å². The normalized spacial score (nSPS) is 10.7. The number of rotatable bonds is 9. The van der Waals surface area contributed by atoms with Gasteiger partial charge >= 0.3 is 5.69 Å². The molecule has 0 aliphatic rings. The number of aryl methyl sites for hydroxylation is 2. The minimum atomic E-state index is -0.394. The molecule has 0 aromatic carbocycles. The first kappa shape index (κ1) is 15.4. The number of methoxy groups -OCH3 is 1. The fourth-order valence-electron chi connectivity index (χ4n) is 1.76. The average molecular weight is 271 g/mol. The van der Waals surface area contributed by atoms with E-state index in [1.54, 1.807) is 18.7 Å². The minimum absolute atomic E-state index is 0.0544. The molecule has 1 aromatic rings. The Morgan fingerprint density at radius 3 is 2.74 bits per heavy atom. The quantitative estimate of drug-likeness (QED) is 0.391. The van der Waals surface area contributed by atoms with E-state index in [9.17, 15) is 10.1 Å². The van der Waals surface area contributed by atoms with Crippen LogP contribution in [0.25, 0.3) is 0 Å². The van der Waals surface area contributed by atoms with Crippen LogP contribution in [0.1, 0.15) is 12.6 Å². The largest absolute Gasteiger partial charge is 0.383 e. The zero-order valence-corrected chi connectivity index (χ0v) is 11.6. The standard InChI is InChI=1S/C11H21N5O3/c1-4-15-11(10(16(17)18)9(2)14-15)13-6-5-12-7-8-19-3/h12-13H,4-8H2,1-3H3. The number of nitro groups is 1. The lowest BCUT2D eigenvalue weighted by atomic mass is 10.4. The summed E-state index contributed by atoms with van der Waals surface area (Å²) in [5.74, 6) is 0.471. The van der Waals surface area contributed by atoms with Gasteiger partial charge in [0.15, 0.2) is 0 Å².